The smallest absolute Gasteiger partial charge is 0.416 e. The predicted molar refractivity (Wildman–Crippen MR) is 139 cm³/mol. The Hall–Kier alpha value is -4.08. The molecule has 0 fully saturated rings. The van der Waals surface area contributed by atoms with Crippen molar-refractivity contribution >= 4 is 12.0 Å². The van der Waals surface area contributed by atoms with E-state index in [1.165, 1.54) is 37.4 Å². The van der Waals surface area contributed by atoms with E-state index in [1.807, 2.05) is 0 Å². The molecule has 0 saturated carbocycles. The van der Waals surface area contributed by atoms with Crippen LogP contribution in [0.5, 0.6) is 5.75 Å². The first kappa shape index (κ1) is 29.5. The molecule has 0 heterocycles. The van der Waals surface area contributed by atoms with Crippen LogP contribution < -0.4 is 15.4 Å². The van der Waals surface area contributed by atoms with Crippen molar-refractivity contribution in [1.29, 1.82) is 0 Å². The molecule has 0 aliphatic carbocycles. The first-order valence-electron chi connectivity index (χ1n) is 12.4. The molecule has 0 aliphatic rings. The zero-order chi connectivity index (χ0) is 28.6. The molecule has 6 nitrogen and oxygen atoms in total. The molecule has 0 aromatic heterocycles. The van der Waals surface area contributed by atoms with Crippen molar-refractivity contribution in [2.45, 2.75) is 45.5 Å². The molecule has 39 heavy (non-hydrogen) atoms. The van der Waals surface area contributed by atoms with Gasteiger partial charge in [0.05, 0.1) is 31.7 Å². The van der Waals surface area contributed by atoms with Crippen LogP contribution in [0.3, 0.4) is 0 Å². The average molecular weight is 547 g/mol. The van der Waals surface area contributed by atoms with Gasteiger partial charge in [0.15, 0.2) is 0 Å². The molecule has 0 saturated heterocycles. The summed E-state index contributed by atoms with van der Waals surface area (Å²) in [6.07, 6.45) is -4.35. The number of amides is 2. The molecule has 0 aliphatic heterocycles. The molecular weight excluding hydrogens is 516 g/mol. The summed E-state index contributed by atoms with van der Waals surface area (Å²) in [7, 11) is 1.44. The van der Waals surface area contributed by atoms with Crippen LogP contribution in [0.4, 0.5) is 22.4 Å². The van der Waals surface area contributed by atoms with Crippen LogP contribution in [-0.2, 0) is 28.7 Å². The number of carbonyl (C=O) groups is 2. The molecule has 208 valence electrons. The first-order valence-corrected chi connectivity index (χ1v) is 12.4. The molecule has 2 N–H and O–H groups in total. The maximum absolute atomic E-state index is 13.7. The molecule has 3 aromatic rings. The number of ether oxygens (including phenoxy) is 2. The van der Waals surface area contributed by atoms with Gasteiger partial charge in [-0.15, -0.1) is 0 Å². The summed E-state index contributed by atoms with van der Waals surface area (Å²) < 4.78 is 64.7. The number of esters is 1. The van der Waals surface area contributed by atoms with E-state index in [0.717, 1.165) is 12.1 Å². The minimum Gasteiger partial charge on any atom is -0.496 e. The number of carbonyl (C=O) groups excluding carboxylic acids is 2. The highest BCUT2D eigenvalue weighted by Gasteiger charge is 2.32. The maximum Gasteiger partial charge on any atom is 0.416 e. The van der Waals surface area contributed by atoms with E-state index in [-0.39, 0.29) is 31.6 Å². The number of hydrogen-bond donors (Lipinski definition) is 2. The van der Waals surface area contributed by atoms with Crippen LogP contribution in [0.25, 0.3) is 11.1 Å². The summed E-state index contributed by atoms with van der Waals surface area (Å²) in [4.78, 5) is 24.8. The van der Waals surface area contributed by atoms with E-state index >= 15 is 0 Å². The lowest BCUT2D eigenvalue weighted by molar-refractivity contribution is -0.142. The van der Waals surface area contributed by atoms with Crippen LogP contribution in [-0.4, -0.2) is 25.7 Å². The Balaban J connectivity index is 1.98. The van der Waals surface area contributed by atoms with E-state index in [0.29, 0.717) is 28.0 Å². The Labute approximate surface area is 224 Å². The van der Waals surface area contributed by atoms with Gasteiger partial charge in [-0.25, -0.2) is 9.18 Å². The van der Waals surface area contributed by atoms with Gasteiger partial charge in [0.25, 0.3) is 0 Å². The summed E-state index contributed by atoms with van der Waals surface area (Å²) in [5, 5.41) is 5.40. The average Bonchev–Trinajstić information content (AvgIpc) is 2.90. The van der Waals surface area contributed by atoms with Gasteiger partial charge in [-0.3, -0.25) is 4.79 Å². The highest BCUT2D eigenvalue weighted by molar-refractivity contribution is 5.79. The van der Waals surface area contributed by atoms with Gasteiger partial charge in [0.2, 0.25) is 0 Å². The topological polar surface area (TPSA) is 76.7 Å². The quantitative estimate of drug-likeness (QED) is 0.223. The Morgan fingerprint density at radius 1 is 0.923 bits per heavy atom. The molecule has 0 bridgehead atoms. The molecule has 0 spiro atoms. The minimum atomic E-state index is -4.60. The zero-order valence-corrected chi connectivity index (χ0v) is 21.8. The van der Waals surface area contributed by atoms with Gasteiger partial charge in [0, 0.05) is 12.1 Å². The van der Waals surface area contributed by atoms with Crippen molar-refractivity contribution in [3.63, 3.8) is 0 Å². The van der Waals surface area contributed by atoms with E-state index in [1.54, 1.807) is 32.0 Å². The number of benzene rings is 3. The number of hydrogen-bond acceptors (Lipinski definition) is 4. The van der Waals surface area contributed by atoms with Crippen LogP contribution in [0.15, 0.2) is 60.7 Å². The van der Waals surface area contributed by atoms with Gasteiger partial charge in [-0.2, -0.15) is 13.2 Å². The second-order valence-electron chi connectivity index (χ2n) is 8.73. The van der Waals surface area contributed by atoms with Crippen LogP contribution in [0, 0.1) is 5.82 Å². The molecule has 2 amide bonds. The van der Waals surface area contributed by atoms with Gasteiger partial charge >= 0.3 is 18.2 Å². The Kier molecular flexibility index (Phi) is 9.92. The van der Waals surface area contributed by atoms with Gasteiger partial charge in [-0.1, -0.05) is 31.2 Å². The van der Waals surface area contributed by atoms with Gasteiger partial charge < -0.3 is 20.1 Å². The molecule has 1 unspecified atom stereocenters. The van der Waals surface area contributed by atoms with E-state index < -0.39 is 35.6 Å². The van der Waals surface area contributed by atoms with Crippen LogP contribution in [0.2, 0.25) is 0 Å². The summed E-state index contributed by atoms with van der Waals surface area (Å²) in [6.45, 7) is 3.75. The zero-order valence-electron chi connectivity index (χ0n) is 21.8. The van der Waals surface area contributed by atoms with Crippen LogP contribution in [0.1, 0.15) is 48.6 Å². The molecule has 0 radical (unpaired) electrons. The number of nitrogens with one attached hydrogen (secondary N) is 2. The summed E-state index contributed by atoms with van der Waals surface area (Å²) >= 11 is 0. The monoisotopic (exact) mass is 546 g/mol. The minimum absolute atomic E-state index is 0.0257. The fourth-order valence-corrected chi connectivity index (χ4v) is 4.12. The number of urea groups is 1. The fourth-order valence-electron chi connectivity index (χ4n) is 4.12. The lowest BCUT2D eigenvalue weighted by Gasteiger charge is -2.24. The summed E-state index contributed by atoms with van der Waals surface area (Å²) in [5.41, 5.74) is 1.49. The van der Waals surface area contributed by atoms with E-state index in [9.17, 15) is 27.2 Å². The highest BCUT2D eigenvalue weighted by Crippen LogP contribution is 2.40. The lowest BCUT2D eigenvalue weighted by atomic mass is 9.90. The molecule has 3 rings (SSSR count). The third-order valence-electron chi connectivity index (χ3n) is 6.04. The maximum atomic E-state index is 13.7. The van der Waals surface area contributed by atoms with Gasteiger partial charge in [0.1, 0.15) is 11.6 Å². The highest BCUT2D eigenvalue weighted by atomic mass is 19.4. The van der Waals surface area contributed by atoms with Crippen molar-refractivity contribution in [3.8, 4) is 16.9 Å². The predicted octanol–water partition coefficient (Wildman–Crippen LogP) is 6.58. The normalized spacial score (nSPS) is 12.0. The van der Waals surface area contributed by atoms with Crippen molar-refractivity contribution in [1.82, 2.24) is 10.6 Å². The SMILES string of the molecule is CCOC(=O)Cc1ccc(OC)c(-c2ccc(C(F)(F)F)cc2C(CC)NC(=O)NCc2ccc(F)cc2)c1. The summed E-state index contributed by atoms with van der Waals surface area (Å²) in [5.74, 6) is -0.459. The third-order valence-corrected chi connectivity index (χ3v) is 6.04. The van der Waals surface area contributed by atoms with E-state index in [4.69, 9.17) is 9.47 Å². The number of alkyl halides is 3. The Morgan fingerprint density at radius 2 is 1.62 bits per heavy atom. The second-order valence-corrected chi connectivity index (χ2v) is 8.73. The summed E-state index contributed by atoms with van der Waals surface area (Å²) in [6, 6.07) is 12.5. The molecular formula is C29H30F4N2O4. The molecule has 3 aromatic carbocycles. The van der Waals surface area contributed by atoms with Crippen molar-refractivity contribution in [2.75, 3.05) is 13.7 Å². The first-order chi connectivity index (χ1) is 18.5. The van der Waals surface area contributed by atoms with Gasteiger partial charge in [-0.05, 0) is 72.0 Å². The molecule has 1 atom stereocenters. The largest absolute Gasteiger partial charge is 0.496 e. The Morgan fingerprint density at radius 3 is 2.23 bits per heavy atom. The standard InChI is InChI=1S/C29H30F4N2O4/c1-4-25(35-28(37)34-17-18-6-10-21(30)11-7-18)23-16-20(29(31,32)33)9-12-22(23)24-14-19(8-13-26(24)38-3)15-27(36)39-5-2/h6-14,16,25H,4-5,15,17H2,1-3H3,(H2,34,35,37). The number of halogens is 4. The van der Waals surface area contributed by atoms with Crippen molar-refractivity contribution in [3.05, 3.63) is 88.7 Å². The van der Waals surface area contributed by atoms with Crippen LogP contribution >= 0.6 is 0 Å². The lowest BCUT2D eigenvalue weighted by Crippen LogP contribution is -2.37. The van der Waals surface area contributed by atoms with E-state index in [2.05, 4.69) is 10.6 Å². The number of rotatable bonds is 10. The second kappa shape index (κ2) is 13.1. The van der Waals surface area contributed by atoms with Crippen molar-refractivity contribution in [2.24, 2.45) is 0 Å². The number of methoxy groups -OCH3 is 1. The molecule has 10 heteroatoms. The Bertz CT molecular complexity index is 1290. The third kappa shape index (κ3) is 7.95. The van der Waals surface area contributed by atoms with Crippen molar-refractivity contribution < 1.29 is 36.6 Å². The fraction of sp³-hybridized carbons (Fsp3) is 0.310.